The summed E-state index contributed by atoms with van der Waals surface area (Å²) in [7, 11) is -5.17. The van der Waals surface area contributed by atoms with Crippen LogP contribution >= 0.6 is 0 Å². The van der Waals surface area contributed by atoms with E-state index >= 15 is 0 Å². The smallest absolute Gasteiger partial charge is 0.759 e. The van der Waals surface area contributed by atoms with Crippen molar-refractivity contribution in [3.8, 4) is 0 Å². The van der Waals surface area contributed by atoms with Gasteiger partial charge >= 0.3 is 59.1 Å². The molecule has 0 radical (unpaired) electrons. The summed E-state index contributed by atoms with van der Waals surface area (Å²) in [5.41, 5.74) is 0. The van der Waals surface area contributed by atoms with E-state index in [1.807, 2.05) is 0 Å². The molecule has 0 fully saturated rings. The Bertz CT molecular complexity index is 264. The second-order valence-electron chi connectivity index (χ2n) is 2.54. The monoisotopic (exact) mass is 332 g/mol. The van der Waals surface area contributed by atoms with E-state index < -0.39 is 16.5 Å². The number of aliphatic hydroxyl groups excluding tert-OH is 3. The normalized spacial score (nSPS) is 8.70. The van der Waals surface area contributed by atoms with Gasteiger partial charge in [0.1, 0.15) is 6.10 Å². The molecule has 0 atom stereocenters. The van der Waals surface area contributed by atoms with E-state index in [1.165, 1.54) is 0 Å². The van der Waals surface area contributed by atoms with Gasteiger partial charge in [0.25, 0.3) is 0 Å². The Kier molecular flexibility index (Phi) is 41.5. The number of aliphatic hydroxyl groups is 3. The standard InChI is InChI=1S/C6H10O.C3H8O3.2Na.H2O4S/c1-3-5-7-6-4-2;4-1-3(6)2-5;;;1-5(2,3)4/h3-4H,1-2,5-6H2;3-6H,1-2H2;;;(H2,1,2,3,4)/q;;2*+1;/p-2. The summed E-state index contributed by atoms with van der Waals surface area (Å²) in [4.78, 5) is 0. The van der Waals surface area contributed by atoms with Gasteiger partial charge in [-0.1, -0.05) is 12.2 Å². The zero-order valence-corrected chi connectivity index (χ0v) is 16.6. The van der Waals surface area contributed by atoms with Crippen LogP contribution in [-0.2, 0) is 15.1 Å². The van der Waals surface area contributed by atoms with E-state index in [0.717, 1.165) is 0 Å². The number of hydrogen-bond donors (Lipinski definition) is 3. The van der Waals surface area contributed by atoms with Crippen molar-refractivity contribution in [2.45, 2.75) is 6.10 Å². The molecule has 0 aliphatic heterocycles. The molecule has 0 spiro atoms. The van der Waals surface area contributed by atoms with Gasteiger partial charge < -0.3 is 29.2 Å². The van der Waals surface area contributed by atoms with Gasteiger partial charge in [-0.2, -0.15) is 0 Å². The molecule has 8 nitrogen and oxygen atoms in total. The molecule has 0 bridgehead atoms. The summed E-state index contributed by atoms with van der Waals surface area (Å²) in [5, 5.41) is 24.0. The third-order valence-corrected chi connectivity index (χ3v) is 0.893. The van der Waals surface area contributed by atoms with Crippen molar-refractivity contribution in [2.24, 2.45) is 0 Å². The van der Waals surface area contributed by atoms with Crippen LogP contribution in [0.4, 0.5) is 0 Å². The number of rotatable bonds is 6. The van der Waals surface area contributed by atoms with Gasteiger partial charge in [0.05, 0.1) is 26.4 Å². The molecule has 0 saturated heterocycles. The van der Waals surface area contributed by atoms with E-state index in [4.69, 9.17) is 37.6 Å². The second kappa shape index (κ2) is 25.2. The Morgan fingerprint density at radius 3 is 1.40 bits per heavy atom. The summed E-state index contributed by atoms with van der Waals surface area (Å²) < 4.78 is 39.0. The van der Waals surface area contributed by atoms with Crippen LogP contribution in [0.1, 0.15) is 0 Å². The van der Waals surface area contributed by atoms with Crippen LogP contribution in [-0.4, -0.2) is 65.4 Å². The molecule has 0 aliphatic rings. The minimum absolute atomic E-state index is 0. The molecule has 0 aromatic carbocycles. The fraction of sp³-hybridized carbons (Fsp3) is 0.556. The van der Waals surface area contributed by atoms with E-state index in [2.05, 4.69) is 13.2 Å². The Morgan fingerprint density at radius 2 is 1.30 bits per heavy atom. The van der Waals surface area contributed by atoms with Crippen molar-refractivity contribution in [1.29, 1.82) is 0 Å². The van der Waals surface area contributed by atoms with E-state index in [9.17, 15) is 0 Å². The van der Waals surface area contributed by atoms with Crippen LogP contribution in [0.15, 0.2) is 25.3 Å². The van der Waals surface area contributed by atoms with E-state index in [0.29, 0.717) is 13.2 Å². The minimum atomic E-state index is -5.17. The van der Waals surface area contributed by atoms with Crippen molar-refractivity contribution in [3.05, 3.63) is 25.3 Å². The largest absolute Gasteiger partial charge is 1.00 e. The summed E-state index contributed by atoms with van der Waals surface area (Å²) in [6.07, 6.45) is 2.47. The molecule has 3 N–H and O–H groups in total. The van der Waals surface area contributed by atoms with Crippen molar-refractivity contribution in [3.63, 3.8) is 0 Å². The maximum atomic E-state index is 8.52. The third-order valence-electron chi connectivity index (χ3n) is 0.893. The van der Waals surface area contributed by atoms with Gasteiger partial charge in [-0.25, -0.2) is 0 Å². The third kappa shape index (κ3) is 75.2. The summed E-state index contributed by atoms with van der Waals surface area (Å²) in [5.74, 6) is 0. The molecule has 0 heterocycles. The van der Waals surface area contributed by atoms with Crippen molar-refractivity contribution >= 4 is 10.4 Å². The molecule has 20 heavy (non-hydrogen) atoms. The quantitative estimate of drug-likeness (QED) is 0.143. The fourth-order valence-corrected chi connectivity index (χ4v) is 0.292. The fourth-order valence-electron chi connectivity index (χ4n) is 0.292. The van der Waals surface area contributed by atoms with Crippen LogP contribution in [0.3, 0.4) is 0 Å². The maximum Gasteiger partial charge on any atom is 1.00 e. The molecule has 0 aromatic rings. The van der Waals surface area contributed by atoms with Crippen LogP contribution in [0, 0.1) is 0 Å². The number of ether oxygens (including phenoxy) is 1. The first-order valence-electron chi connectivity index (χ1n) is 4.58. The SMILES string of the molecule is C=CCOCC=C.O=S(=O)([O-])[O-].OCC(O)CO.[Na+].[Na+]. The Hall–Kier alpha value is 1.19. The molecule has 0 rings (SSSR count). The summed E-state index contributed by atoms with van der Waals surface area (Å²) in [6, 6.07) is 0. The van der Waals surface area contributed by atoms with Crippen LogP contribution in [0.25, 0.3) is 0 Å². The van der Waals surface area contributed by atoms with Gasteiger partial charge in [0.15, 0.2) is 0 Å². The molecular formula is C9H18Na2O8S. The van der Waals surface area contributed by atoms with Crippen molar-refractivity contribution in [2.75, 3.05) is 26.4 Å². The first-order chi connectivity index (χ1) is 8.22. The van der Waals surface area contributed by atoms with Crippen LogP contribution in [0.2, 0.25) is 0 Å². The van der Waals surface area contributed by atoms with Gasteiger partial charge in [-0.15, -0.1) is 13.2 Å². The average Bonchev–Trinajstić information content (AvgIpc) is 2.27. The van der Waals surface area contributed by atoms with E-state index in [-0.39, 0.29) is 72.3 Å². The zero-order chi connectivity index (χ0) is 15.0. The Morgan fingerprint density at radius 1 is 1.05 bits per heavy atom. The van der Waals surface area contributed by atoms with Crippen molar-refractivity contribution in [1.82, 2.24) is 0 Å². The predicted molar refractivity (Wildman–Crippen MR) is 61.9 cm³/mol. The van der Waals surface area contributed by atoms with Crippen LogP contribution in [0.5, 0.6) is 0 Å². The molecule has 0 amide bonds. The van der Waals surface area contributed by atoms with Gasteiger partial charge in [-0.3, -0.25) is 8.42 Å². The topological polar surface area (TPSA) is 150 Å². The summed E-state index contributed by atoms with van der Waals surface area (Å²) >= 11 is 0. The average molecular weight is 332 g/mol. The van der Waals surface area contributed by atoms with Gasteiger partial charge in [-0.05, 0) is 0 Å². The number of hydrogen-bond acceptors (Lipinski definition) is 8. The van der Waals surface area contributed by atoms with Gasteiger partial charge in [0.2, 0.25) is 0 Å². The minimum Gasteiger partial charge on any atom is -0.759 e. The predicted octanol–water partition coefficient (Wildman–Crippen LogP) is -7.62. The molecule has 0 saturated carbocycles. The molecule has 11 heteroatoms. The molecular weight excluding hydrogens is 314 g/mol. The van der Waals surface area contributed by atoms with Crippen LogP contribution < -0.4 is 59.1 Å². The first kappa shape index (κ1) is 33.0. The Balaban J connectivity index is -0.0000000543. The molecule has 0 unspecified atom stereocenters. The Labute approximate surface area is 163 Å². The molecule has 0 aliphatic carbocycles. The molecule has 110 valence electrons. The molecule has 0 aromatic heterocycles. The second-order valence-corrected chi connectivity index (χ2v) is 3.36. The van der Waals surface area contributed by atoms with Gasteiger partial charge in [0, 0.05) is 10.4 Å². The van der Waals surface area contributed by atoms with Crippen molar-refractivity contribution < 1.29 is 96.7 Å². The zero-order valence-electron chi connectivity index (χ0n) is 11.8. The summed E-state index contributed by atoms with van der Waals surface area (Å²) in [6.45, 7) is 7.45. The first-order valence-corrected chi connectivity index (χ1v) is 5.92. The van der Waals surface area contributed by atoms with E-state index in [1.54, 1.807) is 12.2 Å². The maximum absolute atomic E-state index is 8.52.